The Labute approximate surface area is 115 Å². The lowest BCUT2D eigenvalue weighted by molar-refractivity contribution is -0.138. The number of hydrogen-bond acceptors (Lipinski definition) is 5. The Morgan fingerprint density at radius 1 is 1.47 bits per heavy atom. The molecule has 1 amide bonds. The molecule has 0 radical (unpaired) electrons. The first-order valence-corrected chi connectivity index (χ1v) is 7.03. The molecule has 0 saturated carbocycles. The number of anilines is 1. The first-order valence-electron chi connectivity index (χ1n) is 6.21. The monoisotopic (exact) mass is 283 g/mol. The van der Waals surface area contributed by atoms with Crippen molar-refractivity contribution in [3.8, 4) is 0 Å². The fourth-order valence-electron chi connectivity index (χ4n) is 2.35. The van der Waals surface area contributed by atoms with Crippen molar-refractivity contribution in [2.24, 2.45) is 5.92 Å². The van der Waals surface area contributed by atoms with Gasteiger partial charge in [0.25, 0.3) is 5.91 Å². The number of aromatic nitrogens is 1. The molecule has 0 bridgehead atoms. The number of aryl methyl sites for hydroxylation is 1. The highest BCUT2D eigenvalue weighted by Crippen LogP contribution is 2.25. The van der Waals surface area contributed by atoms with Gasteiger partial charge in [0, 0.05) is 19.5 Å². The molecule has 1 aromatic rings. The van der Waals surface area contributed by atoms with E-state index < -0.39 is 5.97 Å². The van der Waals surface area contributed by atoms with Crippen molar-refractivity contribution in [1.29, 1.82) is 0 Å². The van der Waals surface area contributed by atoms with Gasteiger partial charge < -0.3 is 15.7 Å². The molecule has 6 nitrogen and oxygen atoms in total. The zero-order chi connectivity index (χ0) is 14.0. The number of nitrogen functional groups attached to an aromatic ring is 1. The number of carboxylic acids is 1. The number of likely N-dealkylation sites (tertiary alicyclic amines) is 1. The minimum absolute atomic E-state index is 0.0412. The lowest BCUT2D eigenvalue weighted by Crippen LogP contribution is -2.38. The summed E-state index contributed by atoms with van der Waals surface area (Å²) in [5.74, 6) is -0.634. The molecule has 104 valence electrons. The van der Waals surface area contributed by atoms with E-state index in [0.717, 1.165) is 12.8 Å². The van der Waals surface area contributed by atoms with E-state index in [9.17, 15) is 9.59 Å². The third-order valence-corrected chi connectivity index (χ3v) is 4.35. The quantitative estimate of drug-likeness (QED) is 0.873. The molecule has 1 aliphatic rings. The molecule has 1 fully saturated rings. The predicted octanol–water partition coefficient (Wildman–Crippen LogP) is 1.36. The highest BCUT2D eigenvalue weighted by Gasteiger charge is 2.27. The summed E-state index contributed by atoms with van der Waals surface area (Å²) in [5, 5.41) is 9.16. The van der Waals surface area contributed by atoms with E-state index >= 15 is 0 Å². The lowest BCUT2D eigenvalue weighted by Gasteiger charge is -2.31. The van der Waals surface area contributed by atoms with Crippen molar-refractivity contribution in [2.75, 3.05) is 18.8 Å². The maximum Gasteiger partial charge on any atom is 0.303 e. The molecule has 1 saturated heterocycles. The Hall–Kier alpha value is -1.63. The molecule has 19 heavy (non-hydrogen) atoms. The van der Waals surface area contributed by atoms with Crippen molar-refractivity contribution in [1.82, 2.24) is 9.88 Å². The van der Waals surface area contributed by atoms with Crippen molar-refractivity contribution in [2.45, 2.75) is 26.2 Å². The van der Waals surface area contributed by atoms with E-state index in [0.29, 0.717) is 28.8 Å². The minimum Gasteiger partial charge on any atom is -0.481 e. The Balaban J connectivity index is 1.96. The zero-order valence-electron chi connectivity index (χ0n) is 10.8. The molecule has 0 aliphatic carbocycles. The normalized spacial score (nSPS) is 16.6. The number of carboxylic acid groups (broad SMARTS) is 1. The molecular formula is C12H17N3O3S. The molecule has 0 spiro atoms. The Kier molecular flexibility index (Phi) is 4.04. The standard InChI is InChI=1S/C12H17N3O3S/c1-7-10(19-12(13)14-7)11(18)15-4-2-8(3-5-15)6-9(16)17/h8H,2-6H2,1H3,(H2,13,14)(H,16,17). The van der Waals surface area contributed by atoms with Gasteiger partial charge in [-0.1, -0.05) is 11.3 Å². The molecule has 1 aromatic heterocycles. The van der Waals surface area contributed by atoms with Crippen LogP contribution in [0.4, 0.5) is 5.13 Å². The van der Waals surface area contributed by atoms with E-state index in [1.54, 1.807) is 11.8 Å². The number of hydrogen-bond donors (Lipinski definition) is 2. The van der Waals surface area contributed by atoms with E-state index in [-0.39, 0.29) is 18.2 Å². The van der Waals surface area contributed by atoms with Crippen LogP contribution in [0.2, 0.25) is 0 Å². The second-order valence-electron chi connectivity index (χ2n) is 4.80. The van der Waals surface area contributed by atoms with Crippen LogP contribution in [-0.4, -0.2) is 40.0 Å². The van der Waals surface area contributed by atoms with Gasteiger partial charge in [0.1, 0.15) is 4.88 Å². The first kappa shape index (κ1) is 13.8. The minimum atomic E-state index is -0.768. The number of aliphatic carboxylic acids is 1. The number of thiazole rings is 1. The maximum absolute atomic E-state index is 12.3. The average Bonchev–Trinajstić information content (AvgIpc) is 2.68. The summed E-state index contributed by atoms with van der Waals surface area (Å²) < 4.78 is 0. The van der Waals surface area contributed by atoms with E-state index in [1.807, 2.05) is 0 Å². The zero-order valence-corrected chi connectivity index (χ0v) is 11.6. The topological polar surface area (TPSA) is 96.5 Å². The fourth-order valence-corrected chi connectivity index (χ4v) is 3.15. The summed E-state index contributed by atoms with van der Waals surface area (Å²) in [7, 11) is 0. The summed E-state index contributed by atoms with van der Waals surface area (Å²) in [6.45, 7) is 2.99. The van der Waals surface area contributed by atoms with Gasteiger partial charge in [0.15, 0.2) is 5.13 Å². The number of carbonyl (C=O) groups is 2. The molecule has 1 aliphatic heterocycles. The van der Waals surface area contributed by atoms with Crippen LogP contribution in [0.1, 0.15) is 34.6 Å². The summed E-state index contributed by atoms with van der Waals surface area (Å²) in [6.07, 6.45) is 1.67. The van der Waals surface area contributed by atoms with Gasteiger partial charge in [-0.2, -0.15) is 0 Å². The number of nitrogens with zero attached hydrogens (tertiary/aromatic N) is 2. The fraction of sp³-hybridized carbons (Fsp3) is 0.583. The average molecular weight is 283 g/mol. The third kappa shape index (κ3) is 3.23. The maximum atomic E-state index is 12.3. The molecule has 2 heterocycles. The highest BCUT2D eigenvalue weighted by molar-refractivity contribution is 7.17. The van der Waals surface area contributed by atoms with Crippen molar-refractivity contribution in [3.05, 3.63) is 10.6 Å². The molecule has 0 aromatic carbocycles. The Bertz CT molecular complexity index is 492. The van der Waals surface area contributed by atoms with Crippen LogP contribution in [-0.2, 0) is 4.79 Å². The Morgan fingerprint density at radius 3 is 2.58 bits per heavy atom. The third-order valence-electron chi connectivity index (χ3n) is 3.37. The van der Waals surface area contributed by atoms with Crippen LogP contribution in [0.25, 0.3) is 0 Å². The molecule has 2 rings (SSSR count). The molecule has 0 atom stereocenters. The first-order chi connectivity index (χ1) is 8.97. The van der Waals surface area contributed by atoms with Gasteiger partial charge in [-0.05, 0) is 25.7 Å². The van der Waals surface area contributed by atoms with Gasteiger partial charge in [-0.3, -0.25) is 9.59 Å². The van der Waals surface area contributed by atoms with Crippen LogP contribution in [0, 0.1) is 12.8 Å². The van der Waals surface area contributed by atoms with Gasteiger partial charge in [-0.25, -0.2) is 4.98 Å². The van der Waals surface area contributed by atoms with Crippen molar-refractivity contribution in [3.63, 3.8) is 0 Å². The number of piperidine rings is 1. The second-order valence-corrected chi connectivity index (χ2v) is 5.83. The lowest BCUT2D eigenvalue weighted by atomic mass is 9.93. The molecule has 3 N–H and O–H groups in total. The predicted molar refractivity (Wildman–Crippen MR) is 72.1 cm³/mol. The van der Waals surface area contributed by atoms with Gasteiger partial charge >= 0.3 is 5.97 Å². The van der Waals surface area contributed by atoms with Crippen LogP contribution >= 0.6 is 11.3 Å². The van der Waals surface area contributed by atoms with Crippen LogP contribution in [0.5, 0.6) is 0 Å². The van der Waals surface area contributed by atoms with E-state index in [1.165, 1.54) is 11.3 Å². The SMILES string of the molecule is Cc1nc(N)sc1C(=O)N1CCC(CC(=O)O)CC1. The Morgan fingerprint density at radius 2 is 2.11 bits per heavy atom. The molecule has 0 unspecified atom stereocenters. The van der Waals surface area contributed by atoms with Gasteiger partial charge in [-0.15, -0.1) is 0 Å². The summed E-state index contributed by atoms with van der Waals surface area (Å²) >= 11 is 1.21. The number of amides is 1. The number of carbonyl (C=O) groups excluding carboxylic acids is 1. The molecular weight excluding hydrogens is 266 g/mol. The number of nitrogens with two attached hydrogens (primary N) is 1. The van der Waals surface area contributed by atoms with Crippen LogP contribution < -0.4 is 5.73 Å². The van der Waals surface area contributed by atoms with Crippen LogP contribution in [0.15, 0.2) is 0 Å². The summed E-state index contributed by atoms with van der Waals surface area (Å²) in [5.41, 5.74) is 6.26. The molecule has 7 heteroatoms. The van der Waals surface area contributed by atoms with E-state index in [2.05, 4.69) is 4.98 Å². The van der Waals surface area contributed by atoms with E-state index in [4.69, 9.17) is 10.8 Å². The number of rotatable bonds is 3. The highest BCUT2D eigenvalue weighted by atomic mass is 32.1. The van der Waals surface area contributed by atoms with Crippen LogP contribution in [0.3, 0.4) is 0 Å². The summed E-state index contributed by atoms with van der Waals surface area (Å²) in [4.78, 5) is 29.3. The van der Waals surface area contributed by atoms with Crippen molar-refractivity contribution < 1.29 is 14.7 Å². The second kappa shape index (κ2) is 5.56. The van der Waals surface area contributed by atoms with Gasteiger partial charge in [0.2, 0.25) is 0 Å². The smallest absolute Gasteiger partial charge is 0.303 e. The van der Waals surface area contributed by atoms with Gasteiger partial charge in [0.05, 0.1) is 5.69 Å². The summed E-state index contributed by atoms with van der Waals surface area (Å²) in [6, 6.07) is 0. The van der Waals surface area contributed by atoms with Crippen molar-refractivity contribution >= 4 is 28.3 Å². The largest absolute Gasteiger partial charge is 0.481 e.